The normalized spacial score (nSPS) is 19.0. The summed E-state index contributed by atoms with van der Waals surface area (Å²) in [6.45, 7) is 5.88. The van der Waals surface area contributed by atoms with Crippen molar-refractivity contribution in [3.63, 3.8) is 0 Å². The summed E-state index contributed by atoms with van der Waals surface area (Å²) < 4.78 is 31.1. The maximum Gasteiger partial charge on any atom is 0.144 e. The molecule has 1 aliphatic rings. The van der Waals surface area contributed by atoms with Gasteiger partial charge in [-0.25, -0.2) is 4.39 Å². The molecule has 1 fully saturated rings. The molecule has 0 unspecified atom stereocenters. The third-order valence-corrected chi connectivity index (χ3v) is 4.92. The van der Waals surface area contributed by atoms with Crippen LogP contribution in [0.25, 0.3) is 10.9 Å². The van der Waals surface area contributed by atoms with Crippen LogP contribution in [-0.2, 0) is 17.9 Å². The van der Waals surface area contributed by atoms with Gasteiger partial charge in [-0.1, -0.05) is 4.40 Å². The third kappa shape index (κ3) is 3.30. The first-order valence-corrected chi connectivity index (χ1v) is 8.34. The molecule has 0 aliphatic heterocycles. The Balaban J connectivity index is 1.80. The molecule has 5 nitrogen and oxygen atoms in total. The van der Waals surface area contributed by atoms with Crippen LogP contribution < -0.4 is 0 Å². The number of hydrogen-bond donors (Lipinski definition) is 0. The van der Waals surface area contributed by atoms with Gasteiger partial charge in [-0.3, -0.25) is 9.67 Å². The minimum Gasteiger partial charge on any atom is -0.591 e. The molecule has 0 bridgehead atoms. The summed E-state index contributed by atoms with van der Waals surface area (Å²) >= 11 is -1.31. The van der Waals surface area contributed by atoms with Crippen LogP contribution in [0.1, 0.15) is 39.3 Å². The Labute approximate surface area is 132 Å². The number of aromatic nitrogens is 3. The van der Waals surface area contributed by atoms with E-state index in [4.69, 9.17) is 0 Å². The predicted molar refractivity (Wildman–Crippen MR) is 86.1 cm³/mol. The Morgan fingerprint density at radius 2 is 2.18 bits per heavy atom. The summed E-state index contributed by atoms with van der Waals surface area (Å²) in [5.41, 5.74) is 0.326. The van der Waals surface area contributed by atoms with Gasteiger partial charge in [0, 0.05) is 5.39 Å². The van der Waals surface area contributed by atoms with Crippen LogP contribution in [0.4, 0.5) is 4.39 Å². The molecule has 0 radical (unpaired) electrons. The van der Waals surface area contributed by atoms with Gasteiger partial charge in [-0.15, -0.1) is 0 Å². The van der Waals surface area contributed by atoms with Gasteiger partial charge in [-0.2, -0.15) is 5.10 Å². The number of fused-ring (bicyclic) bond motifs is 1. The monoisotopic (exact) mass is 322 g/mol. The number of rotatable bonds is 4. The summed E-state index contributed by atoms with van der Waals surface area (Å²) in [7, 11) is 0. The van der Waals surface area contributed by atoms with Crippen molar-refractivity contribution in [1.82, 2.24) is 14.8 Å². The molecule has 1 aliphatic carbocycles. The largest absolute Gasteiger partial charge is 0.591 e. The second-order valence-corrected chi connectivity index (χ2v) is 8.65. The van der Waals surface area contributed by atoms with Crippen molar-refractivity contribution in [3.8, 4) is 0 Å². The third-order valence-electron chi connectivity index (χ3n) is 3.58. The Kier molecular flexibility index (Phi) is 3.72. The highest BCUT2D eigenvalue weighted by molar-refractivity contribution is 7.91. The lowest BCUT2D eigenvalue weighted by atomic mass is 10.3. The Morgan fingerprint density at radius 3 is 2.82 bits per heavy atom. The molecule has 2 heterocycles. The summed E-state index contributed by atoms with van der Waals surface area (Å²) in [6.07, 6.45) is 6.07. The van der Waals surface area contributed by atoms with Crippen LogP contribution in [-0.4, -0.2) is 35.9 Å². The van der Waals surface area contributed by atoms with Crippen molar-refractivity contribution in [3.05, 3.63) is 24.2 Å². The van der Waals surface area contributed by atoms with Gasteiger partial charge in [0.05, 0.1) is 30.1 Å². The SMILES string of the molecule is CC(C)(C)[S@@+]([O-])/N=C/c1cc2cnn(CC3(F)CC3)c2cn1. The number of nitrogens with zero attached hydrogens (tertiary/aromatic N) is 4. The van der Waals surface area contributed by atoms with Gasteiger partial charge in [0.15, 0.2) is 0 Å². The van der Waals surface area contributed by atoms with Gasteiger partial charge < -0.3 is 4.55 Å². The first kappa shape index (κ1) is 15.4. The molecule has 1 atom stereocenters. The maximum atomic E-state index is 13.9. The Hall–Kier alpha value is -1.47. The van der Waals surface area contributed by atoms with Crippen LogP contribution in [0.5, 0.6) is 0 Å². The van der Waals surface area contributed by atoms with E-state index in [0.29, 0.717) is 18.5 Å². The summed E-state index contributed by atoms with van der Waals surface area (Å²) in [5, 5.41) is 5.11. The smallest absolute Gasteiger partial charge is 0.144 e. The van der Waals surface area contributed by atoms with Gasteiger partial charge in [-0.05, 0) is 39.7 Å². The highest BCUT2D eigenvalue weighted by Gasteiger charge is 2.44. The van der Waals surface area contributed by atoms with E-state index in [1.165, 1.54) is 6.21 Å². The van der Waals surface area contributed by atoms with E-state index >= 15 is 0 Å². The molecule has 2 aromatic heterocycles. The average Bonchev–Trinajstić information content (AvgIpc) is 3.04. The second kappa shape index (κ2) is 5.31. The van der Waals surface area contributed by atoms with Crippen molar-refractivity contribution >= 4 is 28.5 Å². The van der Waals surface area contributed by atoms with Crippen LogP contribution in [0, 0.1) is 0 Å². The van der Waals surface area contributed by atoms with Crippen molar-refractivity contribution in [1.29, 1.82) is 0 Å². The van der Waals surface area contributed by atoms with Gasteiger partial charge in [0.1, 0.15) is 28.0 Å². The molecular weight excluding hydrogens is 303 g/mol. The van der Waals surface area contributed by atoms with Crippen molar-refractivity contribution in [2.24, 2.45) is 4.40 Å². The molecule has 0 N–H and O–H groups in total. The molecule has 0 aromatic carbocycles. The Bertz CT molecular complexity index is 718. The first-order chi connectivity index (χ1) is 10.3. The van der Waals surface area contributed by atoms with Crippen molar-refractivity contribution < 1.29 is 8.94 Å². The molecule has 0 saturated heterocycles. The molecule has 0 spiro atoms. The van der Waals surface area contributed by atoms with E-state index in [1.807, 2.05) is 26.8 Å². The van der Waals surface area contributed by atoms with E-state index in [9.17, 15) is 8.94 Å². The minimum atomic E-state index is -1.31. The lowest BCUT2D eigenvalue weighted by Gasteiger charge is -2.17. The van der Waals surface area contributed by atoms with Gasteiger partial charge in [0.2, 0.25) is 0 Å². The lowest BCUT2D eigenvalue weighted by molar-refractivity contribution is 0.264. The fourth-order valence-electron chi connectivity index (χ4n) is 2.01. The molecule has 1 saturated carbocycles. The number of alkyl halides is 1. The molecule has 22 heavy (non-hydrogen) atoms. The molecule has 7 heteroatoms. The summed E-state index contributed by atoms with van der Waals surface area (Å²) in [4.78, 5) is 4.28. The summed E-state index contributed by atoms with van der Waals surface area (Å²) in [5.74, 6) is 0. The molecule has 118 valence electrons. The van der Waals surface area contributed by atoms with Crippen molar-refractivity contribution in [2.45, 2.75) is 50.6 Å². The average molecular weight is 322 g/mol. The zero-order valence-corrected chi connectivity index (χ0v) is 13.7. The molecular formula is C15H19FN4OS. The maximum absolute atomic E-state index is 13.9. The fraction of sp³-hybridized carbons (Fsp3) is 0.533. The van der Waals surface area contributed by atoms with Gasteiger partial charge >= 0.3 is 0 Å². The minimum absolute atomic E-state index is 0.277. The molecule has 0 amide bonds. The predicted octanol–water partition coefficient (Wildman–Crippen LogP) is 2.81. The fourth-order valence-corrected chi connectivity index (χ4v) is 2.53. The van der Waals surface area contributed by atoms with Crippen LogP contribution in [0.3, 0.4) is 0 Å². The van der Waals surface area contributed by atoms with E-state index in [2.05, 4.69) is 14.5 Å². The van der Waals surface area contributed by atoms with E-state index in [-0.39, 0.29) is 6.54 Å². The van der Waals surface area contributed by atoms with Crippen LogP contribution in [0.15, 0.2) is 22.9 Å². The number of hydrogen-bond acceptors (Lipinski definition) is 4. The highest BCUT2D eigenvalue weighted by atomic mass is 32.2. The van der Waals surface area contributed by atoms with Crippen molar-refractivity contribution in [2.75, 3.05) is 0 Å². The van der Waals surface area contributed by atoms with E-state index in [1.54, 1.807) is 17.1 Å². The standard InChI is InChI=1S/C15H19FN4OS/c1-14(2,3)22(21)19-8-12-6-11-7-18-20(13(11)9-17-12)10-15(16)4-5-15/h6-9H,4-5,10H2,1-3H3/b19-8+/t22-/m1/s1. The zero-order chi connectivity index (χ0) is 16.0. The highest BCUT2D eigenvalue weighted by Crippen LogP contribution is 2.41. The van der Waals surface area contributed by atoms with Crippen LogP contribution >= 0.6 is 0 Å². The molecule has 2 aromatic rings. The van der Waals surface area contributed by atoms with E-state index < -0.39 is 21.8 Å². The second-order valence-electron chi connectivity index (χ2n) is 6.72. The van der Waals surface area contributed by atoms with E-state index in [0.717, 1.165) is 10.9 Å². The first-order valence-electron chi connectivity index (χ1n) is 7.23. The Morgan fingerprint density at radius 1 is 1.45 bits per heavy atom. The lowest BCUT2D eigenvalue weighted by Crippen LogP contribution is -2.25. The zero-order valence-electron chi connectivity index (χ0n) is 12.9. The van der Waals surface area contributed by atoms with Gasteiger partial charge in [0.25, 0.3) is 0 Å². The number of halogens is 1. The quantitative estimate of drug-likeness (QED) is 0.642. The summed E-state index contributed by atoms with van der Waals surface area (Å²) in [6, 6.07) is 1.82. The topological polar surface area (TPSA) is 66.1 Å². The number of pyridine rings is 1. The molecule has 3 rings (SSSR count). The van der Waals surface area contributed by atoms with Crippen LogP contribution in [0.2, 0.25) is 0 Å².